The van der Waals surface area contributed by atoms with Crippen LogP contribution in [0.15, 0.2) is 11.0 Å². The smallest absolute Gasteiger partial charge is 0.292 e. The molecule has 0 amide bonds. The molecule has 1 N–H and O–H groups in total. The summed E-state index contributed by atoms with van der Waals surface area (Å²) >= 11 is 5.94. The highest BCUT2D eigenvalue weighted by Crippen LogP contribution is 2.24. The molecule has 1 aliphatic carbocycles. The van der Waals surface area contributed by atoms with Gasteiger partial charge in [0, 0.05) is 6.04 Å². The van der Waals surface area contributed by atoms with Crippen LogP contribution in [-0.2, 0) is 6.54 Å². The Morgan fingerprint density at radius 2 is 2.44 bits per heavy atom. The number of halogens is 1. The molecule has 1 saturated carbocycles. The molecule has 0 aromatic carbocycles. The molecule has 0 spiro atoms. The lowest BCUT2D eigenvalue weighted by Crippen LogP contribution is -2.33. The topological polar surface area (TPSA) is 46.9 Å². The van der Waals surface area contributed by atoms with Gasteiger partial charge in [-0.2, -0.15) is 5.10 Å². The van der Waals surface area contributed by atoms with Crippen LogP contribution < -0.4 is 10.9 Å². The van der Waals surface area contributed by atoms with E-state index in [0.717, 1.165) is 12.8 Å². The van der Waals surface area contributed by atoms with Crippen LogP contribution in [0.3, 0.4) is 0 Å². The summed E-state index contributed by atoms with van der Waals surface area (Å²) in [6.45, 7) is 0.162. The highest BCUT2D eigenvalue weighted by atomic mass is 35.5. The van der Waals surface area contributed by atoms with Crippen molar-refractivity contribution in [2.24, 2.45) is 0 Å². The second kappa shape index (κ2) is 4.58. The number of hydrogen-bond donors (Lipinski definition) is 1. The lowest BCUT2D eigenvalue weighted by atomic mass is 9.93. The van der Waals surface area contributed by atoms with Crippen LogP contribution in [0.5, 0.6) is 0 Å². The molecule has 84 valence electrons. The van der Waals surface area contributed by atoms with E-state index in [1.807, 2.05) is 0 Å². The number of hydrogen-bond acceptors (Lipinski definition) is 3. The molecule has 0 radical (unpaired) electrons. The summed E-state index contributed by atoms with van der Waals surface area (Å²) in [6, 6.07) is 0.354. The molecule has 16 heavy (non-hydrogen) atoms. The number of nitrogens with zero attached hydrogens (tertiary/aromatic N) is 2. The number of anilines is 1. The van der Waals surface area contributed by atoms with Gasteiger partial charge in [0.05, 0.1) is 11.2 Å². The maximum absolute atomic E-state index is 11.9. The zero-order valence-corrected chi connectivity index (χ0v) is 9.50. The van der Waals surface area contributed by atoms with Crippen molar-refractivity contribution in [3.05, 3.63) is 21.6 Å². The third-order valence-corrected chi connectivity index (χ3v) is 2.98. The molecule has 1 aromatic rings. The summed E-state index contributed by atoms with van der Waals surface area (Å²) in [5.74, 6) is 2.38. The zero-order chi connectivity index (χ0) is 11.5. The number of terminal acetylenes is 1. The number of nitrogens with one attached hydrogen (secondary N) is 1. The van der Waals surface area contributed by atoms with Gasteiger partial charge < -0.3 is 5.32 Å². The molecule has 0 unspecified atom stereocenters. The maximum Gasteiger partial charge on any atom is 0.292 e. The van der Waals surface area contributed by atoms with Gasteiger partial charge in [-0.05, 0) is 19.3 Å². The predicted octanol–water partition coefficient (Wildman–Crippen LogP) is 1.49. The molecule has 0 atom stereocenters. The minimum Gasteiger partial charge on any atom is -0.377 e. The summed E-state index contributed by atoms with van der Waals surface area (Å²) in [7, 11) is 0. The Morgan fingerprint density at radius 3 is 3.00 bits per heavy atom. The van der Waals surface area contributed by atoms with Crippen molar-refractivity contribution in [1.29, 1.82) is 0 Å². The summed E-state index contributed by atoms with van der Waals surface area (Å²) in [4.78, 5) is 11.9. The first-order chi connectivity index (χ1) is 7.72. The van der Waals surface area contributed by atoms with Crippen LogP contribution in [0.2, 0.25) is 5.02 Å². The van der Waals surface area contributed by atoms with Gasteiger partial charge in [-0.3, -0.25) is 4.79 Å². The number of rotatable bonds is 3. The second-order valence-electron chi connectivity index (χ2n) is 3.81. The summed E-state index contributed by atoms with van der Waals surface area (Å²) in [5.41, 5.74) is 0.161. The molecular weight excluding hydrogens is 226 g/mol. The van der Waals surface area contributed by atoms with Crippen LogP contribution in [0.4, 0.5) is 5.69 Å². The van der Waals surface area contributed by atoms with E-state index in [2.05, 4.69) is 16.3 Å². The molecule has 1 aliphatic rings. The highest BCUT2D eigenvalue weighted by molar-refractivity contribution is 6.33. The summed E-state index contributed by atoms with van der Waals surface area (Å²) < 4.78 is 1.23. The SMILES string of the molecule is C#CCn1ncc(Cl)c(NC2CCC2)c1=O. The van der Waals surface area contributed by atoms with Gasteiger partial charge in [0.25, 0.3) is 5.56 Å². The minimum atomic E-state index is -0.252. The first-order valence-corrected chi connectivity index (χ1v) is 5.56. The Balaban J connectivity index is 2.30. The number of aromatic nitrogens is 2. The Hall–Kier alpha value is -1.47. The van der Waals surface area contributed by atoms with Crippen molar-refractivity contribution >= 4 is 17.3 Å². The van der Waals surface area contributed by atoms with E-state index in [1.54, 1.807) is 0 Å². The predicted molar refractivity (Wildman–Crippen MR) is 63.6 cm³/mol. The van der Waals surface area contributed by atoms with Crippen molar-refractivity contribution in [1.82, 2.24) is 9.78 Å². The largest absolute Gasteiger partial charge is 0.377 e. The van der Waals surface area contributed by atoms with Crippen LogP contribution >= 0.6 is 11.6 Å². The summed E-state index contributed by atoms with van der Waals surface area (Å²) in [6.07, 6.45) is 9.95. The van der Waals surface area contributed by atoms with E-state index in [9.17, 15) is 4.79 Å². The van der Waals surface area contributed by atoms with Crippen LogP contribution in [0.1, 0.15) is 19.3 Å². The second-order valence-corrected chi connectivity index (χ2v) is 4.21. The lowest BCUT2D eigenvalue weighted by molar-refractivity contribution is 0.444. The molecule has 0 aliphatic heterocycles. The molecule has 5 heteroatoms. The van der Waals surface area contributed by atoms with Crippen molar-refractivity contribution in [3.8, 4) is 12.3 Å². The van der Waals surface area contributed by atoms with E-state index in [4.69, 9.17) is 18.0 Å². The Labute approximate surface area is 98.6 Å². The van der Waals surface area contributed by atoms with E-state index >= 15 is 0 Å². The fourth-order valence-electron chi connectivity index (χ4n) is 1.56. The Morgan fingerprint density at radius 1 is 1.69 bits per heavy atom. The molecule has 1 heterocycles. The third kappa shape index (κ3) is 2.05. The van der Waals surface area contributed by atoms with Crippen molar-refractivity contribution < 1.29 is 0 Å². The first-order valence-electron chi connectivity index (χ1n) is 5.18. The highest BCUT2D eigenvalue weighted by Gasteiger charge is 2.20. The Kier molecular flexibility index (Phi) is 3.16. The van der Waals surface area contributed by atoms with E-state index in [-0.39, 0.29) is 12.1 Å². The first kappa shape index (κ1) is 11.0. The van der Waals surface area contributed by atoms with Gasteiger partial charge in [0.15, 0.2) is 0 Å². The molecule has 0 saturated heterocycles. The third-order valence-electron chi connectivity index (χ3n) is 2.69. The standard InChI is InChI=1S/C11H12ClN3O/c1-2-6-15-11(16)10(9(12)7-13-15)14-8-4-3-5-8/h1,7-8,14H,3-6H2. The van der Waals surface area contributed by atoms with Gasteiger partial charge >= 0.3 is 0 Å². The van der Waals surface area contributed by atoms with E-state index < -0.39 is 0 Å². The van der Waals surface area contributed by atoms with Gasteiger partial charge in [0.2, 0.25) is 0 Å². The maximum atomic E-state index is 11.9. The normalized spacial score (nSPS) is 15.2. The molecule has 2 rings (SSSR count). The van der Waals surface area contributed by atoms with E-state index in [0.29, 0.717) is 16.8 Å². The lowest BCUT2D eigenvalue weighted by Gasteiger charge is -2.27. The van der Waals surface area contributed by atoms with E-state index in [1.165, 1.54) is 17.3 Å². The molecule has 4 nitrogen and oxygen atoms in total. The zero-order valence-electron chi connectivity index (χ0n) is 8.74. The monoisotopic (exact) mass is 237 g/mol. The van der Waals surface area contributed by atoms with Gasteiger partial charge in [0.1, 0.15) is 12.2 Å². The minimum absolute atomic E-state index is 0.162. The van der Waals surface area contributed by atoms with Gasteiger partial charge in [-0.25, -0.2) is 4.68 Å². The van der Waals surface area contributed by atoms with Gasteiger partial charge in [-0.15, -0.1) is 6.42 Å². The molecule has 1 aromatic heterocycles. The van der Waals surface area contributed by atoms with Crippen LogP contribution in [-0.4, -0.2) is 15.8 Å². The van der Waals surface area contributed by atoms with Gasteiger partial charge in [-0.1, -0.05) is 17.5 Å². The van der Waals surface area contributed by atoms with Crippen molar-refractivity contribution in [2.45, 2.75) is 31.8 Å². The van der Waals surface area contributed by atoms with Crippen LogP contribution in [0.25, 0.3) is 0 Å². The average molecular weight is 238 g/mol. The van der Waals surface area contributed by atoms with Crippen molar-refractivity contribution in [2.75, 3.05) is 5.32 Å². The molecule has 0 bridgehead atoms. The molecular formula is C11H12ClN3O. The molecule has 1 fully saturated rings. The average Bonchev–Trinajstić information content (AvgIpc) is 2.20. The fourth-order valence-corrected chi connectivity index (χ4v) is 1.73. The van der Waals surface area contributed by atoms with Crippen LogP contribution in [0, 0.1) is 12.3 Å². The summed E-state index contributed by atoms with van der Waals surface area (Å²) in [5, 5.41) is 7.36. The quantitative estimate of drug-likeness (QED) is 0.811. The fraction of sp³-hybridized carbons (Fsp3) is 0.455. The Bertz CT molecular complexity index is 485. The van der Waals surface area contributed by atoms with Crippen molar-refractivity contribution in [3.63, 3.8) is 0 Å².